The summed E-state index contributed by atoms with van der Waals surface area (Å²) in [4.78, 5) is 12.5. The molecule has 25 heavy (non-hydrogen) atoms. The number of esters is 1. The predicted molar refractivity (Wildman–Crippen MR) is 101 cm³/mol. The monoisotopic (exact) mass is 404 g/mol. The molecular weight excluding hydrogens is 384 g/mol. The van der Waals surface area contributed by atoms with Gasteiger partial charge in [0.25, 0.3) is 0 Å². The van der Waals surface area contributed by atoms with Crippen molar-refractivity contribution in [3.05, 3.63) is 29.1 Å². The number of hydrogen-bond acceptors (Lipinski definition) is 6. The lowest BCUT2D eigenvalue weighted by atomic mass is 10.1. The number of ether oxygens (including phenoxy) is 1. The summed E-state index contributed by atoms with van der Waals surface area (Å²) in [5.74, 6) is -0.379. The Morgan fingerprint density at radius 2 is 2.04 bits per heavy atom. The number of carbonyl (C=O) groups is 1. The van der Waals surface area contributed by atoms with Gasteiger partial charge in [0.2, 0.25) is 10.0 Å². The summed E-state index contributed by atoms with van der Waals surface area (Å²) in [5, 5.41) is 3.94. The summed E-state index contributed by atoms with van der Waals surface area (Å²) < 4.78 is 33.8. The Balaban J connectivity index is 0.00000225. The first-order valence-electron chi connectivity index (χ1n) is 7.93. The topological polar surface area (TPSA) is 84.5 Å². The molecule has 0 saturated carbocycles. The molecular formula is C16H21ClN2O4S2. The molecule has 1 fully saturated rings. The molecule has 138 valence electrons. The van der Waals surface area contributed by atoms with Crippen LogP contribution in [0.2, 0.25) is 0 Å². The zero-order valence-electron chi connectivity index (χ0n) is 13.8. The van der Waals surface area contributed by atoms with Crippen molar-refractivity contribution in [2.75, 3.05) is 19.7 Å². The SMILES string of the molecule is CCOC(=O)c1cc2cc(S(=O)(=O)NC3CCNCC3)ccc2s1.Cl. The molecule has 2 aromatic rings. The van der Waals surface area contributed by atoms with E-state index in [1.54, 1.807) is 31.2 Å². The molecule has 1 saturated heterocycles. The van der Waals surface area contributed by atoms with Crippen molar-refractivity contribution in [3.63, 3.8) is 0 Å². The minimum Gasteiger partial charge on any atom is -0.462 e. The highest BCUT2D eigenvalue weighted by Gasteiger charge is 2.22. The Morgan fingerprint density at radius 1 is 1.32 bits per heavy atom. The van der Waals surface area contributed by atoms with Crippen LogP contribution in [0.4, 0.5) is 0 Å². The van der Waals surface area contributed by atoms with E-state index in [1.807, 2.05) is 0 Å². The lowest BCUT2D eigenvalue weighted by molar-refractivity contribution is 0.0532. The van der Waals surface area contributed by atoms with Crippen LogP contribution in [-0.2, 0) is 14.8 Å². The zero-order valence-corrected chi connectivity index (χ0v) is 16.2. The molecule has 1 aromatic heterocycles. The molecule has 1 aromatic carbocycles. The van der Waals surface area contributed by atoms with Crippen LogP contribution in [0.3, 0.4) is 0 Å². The van der Waals surface area contributed by atoms with Crippen LogP contribution in [0.1, 0.15) is 29.4 Å². The highest BCUT2D eigenvalue weighted by atomic mass is 35.5. The normalized spacial score (nSPS) is 15.7. The van der Waals surface area contributed by atoms with Crippen LogP contribution < -0.4 is 10.0 Å². The smallest absolute Gasteiger partial charge is 0.348 e. The average Bonchev–Trinajstić information content (AvgIpc) is 2.99. The molecule has 0 bridgehead atoms. The number of rotatable bonds is 5. The first-order valence-corrected chi connectivity index (χ1v) is 10.2. The molecule has 0 unspecified atom stereocenters. The maximum absolute atomic E-state index is 12.6. The maximum atomic E-state index is 12.6. The lowest BCUT2D eigenvalue weighted by Crippen LogP contribution is -2.42. The van der Waals surface area contributed by atoms with Crippen molar-refractivity contribution in [1.82, 2.24) is 10.0 Å². The zero-order chi connectivity index (χ0) is 17.2. The number of benzene rings is 1. The Labute approximate surface area is 157 Å². The summed E-state index contributed by atoms with van der Waals surface area (Å²) in [6.45, 7) is 3.70. The van der Waals surface area contributed by atoms with Gasteiger partial charge in [-0.2, -0.15) is 0 Å². The number of carbonyl (C=O) groups excluding carboxylic acids is 1. The largest absolute Gasteiger partial charge is 0.462 e. The third-order valence-corrected chi connectivity index (χ3v) is 6.55. The molecule has 2 heterocycles. The van der Waals surface area contributed by atoms with E-state index in [0.717, 1.165) is 36.0 Å². The van der Waals surface area contributed by atoms with Crippen LogP contribution in [0.15, 0.2) is 29.2 Å². The minimum atomic E-state index is -3.56. The van der Waals surface area contributed by atoms with Crippen molar-refractivity contribution in [3.8, 4) is 0 Å². The fraction of sp³-hybridized carbons (Fsp3) is 0.438. The fourth-order valence-corrected chi connectivity index (χ4v) is 5.00. The summed E-state index contributed by atoms with van der Waals surface area (Å²) in [5.41, 5.74) is 0. The molecule has 2 N–H and O–H groups in total. The van der Waals surface area contributed by atoms with E-state index in [2.05, 4.69) is 10.0 Å². The van der Waals surface area contributed by atoms with E-state index in [1.165, 1.54) is 11.3 Å². The first-order chi connectivity index (χ1) is 11.5. The predicted octanol–water partition coefficient (Wildman–Crippen LogP) is 2.53. The van der Waals surface area contributed by atoms with Gasteiger partial charge in [-0.15, -0.1) is 23.7 Å². The highest BCUT2D eigenvalue weighted by molar-refractivity contribution is 7.89. The van der Waals surface area contributed by atoms with E-state index < -0.39 is 10.0 Å². The summed E-state index contributed by atoms with van der Waals surface area (Å²) in [6, 6.07) is 6.57. The van der Waals surface area contributed by atoms with Crippen LogP contribution in [0.25, 0.3) is 10.1 Å². The van der Waals surface area contributed by atoms with Gasteiger partial charge in [0.05, 0.1) is 11.5 Å². The van der Waals surface area contributed by atoms with Crippen molar-refractivity contribution in [2.24, 2.45) is 0 Å². The second-order valence-corrected chi connectivity index (χ2v) is 8.47. The number of sulfonamides is 1. The van der Waals surface area contributed by atoms with E-state index in [0.29, 0.717) is 11.5 Å². The average molecular weight is 405 g/mol. The van der Waals surface area contributed by atoms with Crippen LogP contribution >= 0.6 is 23.7 Å². The second-order valence-electron chi connectivity index (χ2n) is 5.68. The number of thiophene rings is 1. The fourth-order valence-electron chi connectivity index (χ4n) is 2.72. The molecule has 0 radical (unpaired) electrons. The van der Waals surface area contributed by atoms with Gasteiger partial charge in [0, 0.05) is 10.7 Å². The van der Waals surface area contributed by atoms with Crippen molar-refractivity contribution >= 4 is 49.8 Å². The van der Waals surface area contributed by atoms with Gasteiger partial charge in [-0.1, -0.05) is 0 Å². The Kier molecular flexibility index (Phi) is 6.81. The summed E-state index contributed by atoms with van der Waals surface area (Å²) in [7, 11) is -3.56. The molecule has 0 spiro atoms. The van der Waals surface area contributed by atoms with Gasteiger partial charge >= 0.3 is 5.97 Å². The van der Waals surface area contributed by atoms with Crippen LogP contribution in [0.5, 0.6) is 0 Å². The molecule has 1 aliphatic heterocycles. The number of fused-ring (bicyclic) bond motifs is 1. The van der Waals surface area contributed by atoms with E-state index in [-0.39, 0.29) is 29.3 Å². The summed E-state index contributed by atoms with van der Waals surface area (Å²) in [6.07, 6.45) is 1.57. The molecule has 6 nitrogen and oxygen atoms in total. The van der Waals surface area contributed by atoms with Gasteiger partial charge in [0.15, 0.2) is 0 Å². The molecule has 1 aliphatic rings. The van der Waals surface area contributed by atoms with Gasteiger partial charge in [-0.3, -0.25) is 0 Å². The van der Waals surface area contributed by atoms with Gasteiger partial charge in [-0.05, 0) is 62.5 Å². The third-order valence-electron chi connectivity index (χ3n) is 3.94. The van der Waals surface area contributed by atoms with Gasteiger partial charge in [-0.25, -0.2) is 17.9 Å². The first kappa shape index (κ1) is 20.1. The third kappa shape index (κ3) is 4.71. The Bertz CT molecular complexity index is 845. The van der Waals surface area contributed by atoms with Crippen molar-refractivity contribution in [2.45, 2.75) is 30.7 Å². The van der Waals surface area contributed by atoms with Crippen molar-refractivity contribution in [1.29, 1.82) is 0 Å². The second kappa shape index (κ2) is 8.46. The van der Waals surface area contributed by atoms with Gasteiger partial charge in [0.1, 0.15) is 4.88 Å². The molecule has 0 atom stereocenters. The van der Waals surface area contributed by atoms with Crippen LogP contribution in [-0.4, -0.2) is 40.1 Å². The quantitative estimate of drug-likeness (QED) is 0.748. The Hall–Kier alpha value is -1.19. The number of hydrogen-bond donors (Lipinski definition) is 2. The highest BCUT2D eigenvalue weighted by Crippen LogP contribution is 2.28. The number of nitrogens with one attached hydrogen (secondary N) is 2. The lowest BCUT2D eigenvalue weighted by Gasteiger charge is -2.23. The minimum absolute atomic E-state index is 0. The van der Waals surface area contributed by atoms with Crippen LogP contribution in [0, 0.1) is 0 Å². The molecule has 0 aliphatic carbocycles. The molecule has 9 heteroatoms. The number of halogens is 1. The van der Waals surface area contributed by atoms with Gasteiger partial charge < -0.3 is 10.1 Å². The molecule has 3 rings (SSSR count). The Morgan fingerprint density at radius 3 is 2.72 bits per heavy atom. The number of piperidine rings is 1. The molecule has 0 amide bonds. The maximum Gasteiger partial charge on any atom is 0.348 e. The van der Waals surface area contributed by atoms with Crippen molar-refractivity contribution < 1.29 is 17.9 Å². The van der Waals surface area contributed by atoms with E-state index in [9.17, 15) is 13.2 Å². The van der Waals surface area contributed by atoms with E-state index >= 15 is 0 Å². The summed E-state index contributed by atoms with van der Waals surface area (Å²) >= 11 is 1.30. The standard InChI is InChI=1S/C16H20N2O4S2.ClH/c1-2-22-16(19)15-10-11-9-13(3-4-14(11)23-15)24(20,21)18-12-5-7-17-8-6-12;/h3-4,9-10,12,17-18H,2,5-8H2,1H3;1H. The van der Waals surface area contributed by atoms with E-state index in [4.69, 9.17) is 4.74 Å².